The Morgan fingerprint density at radius 2 is 2.62 bits per heavy atom. The number of esters is 1. The van der Waals surface area contributed by atoms with Crippen LogP contribution in [0, 0.1) is 4.77 Å². The van der Waals surface area contributed by atoms with E-state index in [1.54, 1.807) is 10.8 Å². The molecule has 1 aliphatic rings. The average Bonchev–Trinajstić information content (AvgIpc) is 2.90. The quantitative estimate of drug-likeness (QED) is 0.645. The van der Waals surface area contributed by atoms with Crippen LogP contribution < -0.4 is 0 Å². The number of hydrogen-bond donors (Lipinski definition) is 1. The second-order valence-electron chi connectivity index (χ2n) is 3.72. The zero-order valence-corrected chi connectivity index (χ0v) is 9.88. The molecule has 0 aromatic carbocycles. The molecule has 0 spiro atoms. The molecule has 0 radical (unpaired) electrons. The number of imidazole rings is 1. The Labute approximate surface area is 98.4 Å². The fourth-order valence-corrected chi connectivity index (χ4v) is 2.07. The fourth-order valence-electron chi connectivity index (χ4n) is 1.84. The lowest BCUT2D eigenvalue weighted by atomic mass is 10.2. The Bertz CT molecular complexity index is 432. The first kappa shape index (κ1) is 11.3. The van der Waals surface area contributed by atoms with Crippen molar-refractivity contribution in [2.24, 2.45) is 0 Å². The topological polar surface area (TPSA) is 56.2 Å². The zero-order chi connectivity index (χ0) is 11.5. The Morgan fingerprint density at radius 3 is 3.25 bits per heavy atom. The molecule has 2 heterocycles. The predicted molar refractivity (Wildman–Crippen MR) is 59.9 cm³/mol. The zero-order valence-electron chi connectivity index (χ0n) is 9.06. The SMILES string of the molecule is COC(=O)c1c[nH]c(=S)n1C[C@H]1CCCO1. The molecule has 1 atom stereocenters. The highest BCUT2D eigenvalue weighted by Gasteiger charge is 2.20. The van der Waals surface area contributed by atoms with Crippen LogP contribution in [-0.4, -0.2) is 35.3 Å². The fraction of sp³-hybridized carbons (Fsp3) is 0.600. The van der Waals surface area contributed by atoms with Crippen molar-refractivity contribution in [2.45, 2.75) is 25.5 Å². The summed E-state index contributed by atoms with van der Waals surface area (Å²) in [5.41, 5.74) is 0.447. The van der Waals surface area contributed by atoms with Crippen LogP contribution in [0.5, 0.6) is 0 Å². The highest BCUT2D eigenvalue weighted by Crippen LogP contribution is 2.15. The molecule has 1 aromatic heterocycles. The maximum absolute atomic E-state index is 11.5. The first-order chi connectivity index (χ1) is 7.72. The summed E-state index contributed by atoms with van der Waals surface area (Å²) in [6.07, 6.45) is 3.79. The molecule has 6 heteroatoms. The molecule has 0 amide bonds. The number of ether oxygens (including phenoxy) is 2. The number of rotatable bonds is 3. The van der Waals surface area contributed by atoms with Crippen molar-refractivity contribution in [1.29, 1.82) is 0 Å². The second kappa shape index (κ2) is 4.80. The Balaban J connectivity index is 2.21. The largest absolute Gasteiger partial charge is 0.464 e. The van der Waals surface area contributed by atoms with Crippen molar-refractivity contribution >= 4 is 18.2 Å². The third kappa shape index (κ3) is 2.17. The first-order valence-electron chi connectivity index (χ1n) is 5.20. The molecule has 1 aromatic rings. The van der Waals surface area contributed by atoms with E-state index in [0.29, 0.717) is 17.0 Å². The first-order valence-corrected chi connectivity index (χ1v) is 5.61. The summed E-state index contributed by atoms with van der Waals surface area (Å²) in [5, 5.41) is 0. The van der Waals surface area contributed by atoms with Gasteiger partial charge in [-0.3, -0.25) is 0 Å². The molecule has 0 aliphatic carbocycles. The van der Waals surface area contributed by atoms with Gasteiger partial charge in [0.05, 0.1) is 19.8 Å². The van der Waals surface area contributed by atoms with E-state index in [1.165, 1.54) is 7.11 Å². The molecule has 2 rings (SSSR count). The number of aromatic amines is 1. The van der Waals surface area contributed by atoms with E-state index in [0.717, 1.165) is 19.4 Å². The molecule has 88 valence electrons. The highest BCUT2D eigenvalue weighted by molar-refractivity contribution is 7.71. The van der Waals surface area contributed by atoms with Crippen LogP contribution >= 0.6 is 12.2 Å². The van der Waals surface area contributed by atoms with E-state index >= 15 is 0 Å². The van der Waals surface area contributed by atoms with Gasteiger partial charge in [0.1, 0.15) is 5.69 Å². The molecule has 1 N–H and O–H groups in total. The average molecular weight is 242 g/mol. The van der Waals surface area contributed by atoms with Gasteiger partial charge in [0.25, 0.3) is 0 Å². The van der Waals surface area contributed by atoms with E-state index in [2.05, 4.69) is 9.72 Å². The molecule has 1 fully saturated rings. The van der Waals surface area contributed by atoms with E-state index < -0.39 is 0 Å². The van der Waals surface area contributed by atoms with Crippen molar-refractivity contribution in [3.63, 3.8) is 0 Å². The second-order valence-corrected chi connectivity index (χ2v) is 4.10. The van der Waals surface area contributed by atoms with Gasteiger partial charge in [-0.25, -0.2) is 4.79 Å². The Morgan fingerprint density at radius 1 is 1.81 bits per heavy atom. The van der Waals surface area contributed by atoms with Gasteiger partial charge in [0, 0.05) is 12.8 Å². The number of hydrogen-bond acceptors (Lipinski definition) is 4. The standard InChI is InChI=1S/C10H14N2O3S/c1-14-9(13)8-5-11-10(16)12(8)6-7-3-2-4-15-7/h5,7H,2-4,6H2,1H3,(H,11,16)/t7-/m1/s1. The summed E-state index contributed by atoms with van der Waals surface area (Å²) in [7, 11) is 1.36. The van der Waals surface area contributed by atoms with Crippen molar-refractivity contribution < 1.29 is 14.3 Å². The summed E-state index contributed by atoms with van der Waals surface area (Å²) in [6.45, 7) is 1.39. The van der Waals surface area contributed by atoms with Gasteiger partial charge < -0.3 is 19.0 Å². The molecule has 0 saturated carbocycles. The van der Waals surface area contributed by atoms with Gasteiger partial charge in [-0.15, -0.1) is 0 Å². The number of methoxy groups -OCH3 is 1. The van der Waals surface area contributed by atoms with Crippen LogP contribution in [0.4, 0.5) is 0 Å². The summed E-state index contributed by atoms with van der Waals surface area (Å²) in [6, 6.07) is 0. The predicted octanol–water partition coefficient (Wildman–Crippen LogP) is 1.51. The minimum Gasteiger partial charge on any atom is -0.464 e. The summed E-state index contributed by atoms with van der Waals surface area (Å²) >= 11 is 5.12. The maximum atomic E-state index is 11.5. The minimum absolute atomic E-state index is 0.144. The molecule has 0 unspecified atom stereocenters. The Kier molecular flexibility index (Phi) is 3.40. The van der Waals surface area contributed by atoms with Crippen LogP contribution in [0.15, 0.2) is 6.20 Å². The van der Waals surface area contributed by atoms with Gasteiger partial charge in [-0.1, -0.05) is 0 Å². The van der Waals surface area contributed by atoms with Crippen LogP contribution in [0.25, 0.3) is 0 Å². The summed E-state index contributed by atoms with van der Waals surface area (Å²) in [4.78, 5) is 14.3. The van der Waals surface area contributed by atoms with Crippen molar-refractivity contribution in [1.82, 2.24) is 9.55 Å². The third-order valence-corrected chi connectivity index (χ3v) is 3.01. The lowest BCUT2D eigenvalue weighted by Gasteiger charge is -2.12. The van der Waals surface area contributed by atoms with E-state index in [4.69, 9.17) is 17.0 Å². The number of carbonyl (C=O) groups is 1. The van der Waals surface area contributed by atoms with E-state index in [-0.39, 0.29) is 12.1 Å². The smallest absolute Gasteiger partial charge is 0.356 e. The number of nitrogens with one attached hydrogen (secondary N) is 1. The van der Waals surface area contributed by atoms with Gasteiger partial charge in [-0.2, -0.15) is 0 Å². The van der Waals surface area contributed by atoms with Crippen molar-refractivity contribution in [2.75, 3.05) is 13.7 Å². The number of aromatic nitrogens is 2. The molecule has 1 saturated heterocycles. The lowest BCUT2D eigenvalue weighted by Crippen LogP contribution is -2.19. The number of H-pyrrole nitrogens is 1. The normalized spacial score (nSPS) is 19.9. The van der Waals surface area contributed by atoms with Gasteiger partial charge in [-0.05, 0) is 25.1 Å². The van der Waals surface area contributed by atoms with Crippen LogP contribution in [-0.2, 0) is 16.0 Å². The highest BCUT2D eigenvalue weighted by atomic mass is 32.1. The van der Waals surface area contributed by atoms with Crippen LogP contribution in [0.2, 0.25) is 0 Å². The minimum atomic E-state index is -0.384. The van der Waals surface area contributed by atoms with E-state index in [9.17, 15) is 4.79 Å². The maximum Gasteiger partial charge on any atom is 0.356 e. The van der Waals surface area contributed by atoms with E-state index in [1.807, 2.05) is 0 Å². The third-order valence-electron chi connectivity index (χ3n) is 2.67. The molecule has 16 heavy (non-hydrogen) atoms. The molecular formula is C10H14N2O3S. The molecule has 5 nitrogen and oxygen atoms in total. The monoisotopic (exact) mass is 242 g/mol. The van der Waals surface area contributed by atoms with Crippen LogP contribution in [0.1, 0.15) is 23.3 Å². The summed E-state index contributed by atoms with van der Waals surface area (Å²) < 4.78 is 12.5. The molecular weight excluding hydrogens is 228 g/mol. The van der Waals surface area contributed by atoms with Gasteiger partial charge in [0.2, 0.25) is 0 Å². The van der Waals surface area contributed by atoms with Gasteiger partial charge >= 0.3 is 5.97 Å². The molecule has 1 aliphatic heterocycles. The molecule has 0 bridgehead atoms. The number of carbonyl (C=O) groups excluding carboxylic acids is 1. The number of nitrogens with zero attached hydrogens (tertiary/aromatic N) is 1. The lowest BCUT2D eigenvalue weighted by molar-refractivity contribution is 0.0577. The van der Waals surface area contributed by atoms with Crippen molar-refractivity contribution in [3.05, 3.63) is 16.7 Å². The van der Waals surface area contributed by atoms with Crippen LogP contribution in [0.3, 0.4) is 0 Å². The Hall–Kier alpha value is -1.14. The van der Waals surface area contributed by atoms with Gasteiger partial charge in [0.15, 0.2) is 4.77 Å². The summed E-state index contributed by atoms with van der Waals surface area (Å²) in [5.74, 6) is -0.384. The van der Waals surface area contributed by atoms with Crippen molar-refractivity contribution in [3.8, 4) is 0 Å².